The molecule has 4 heterocycles. The van der Waals surface area contributed by atoms with Crippen LogP contribution in [0.15, 0.2) is 48.5 Å². The molecular weight excluding hydrogens is 661 g/mol. The Bertz CT molecular complexity index is 1200. The zero-order valence-electron chi connectivity index (χ0n) is 17.4. The van der Waals surface area contributed by atoms with Crippen molar-refractivity contribution in [2.75, 3.05) is 0 Å². The van der Waals surface area contributed by atoms with Gasteiger partial charge in [-0.2, -0.15) is 26.3 Å². The molecule has 0 saturated carbocycles. The van der Waals surface area contributed by atoms with Crippen LogP contribution in [-0.2, 0) is 33.4 Å². The molecular formula is C20H14F6N6PtSi. The van der Waals surface area contributed by atoms with E-state index in [0.29, 0.717) is 10.6 Å². The summed E-state index contributed by atoms with van der Waals surface area (Å²) in [4.78, 5) is 8.94. The number of alkyl halides is 6. The first kappa shape index (κ1) is 25.8. The first-order valence-electron chi connectivity index (χ1n) is 9.41. The van der Waals surface area contributed by atoms with Crippen LogP contribution in [0.4, 0.5) is 26.3 Å². The summed E-state index contributed by atoms with van der Waals surface area (Å²) in [6.45, 7) is 3.82. The van der Waals surface area contributed by atoms with E-state index in [9.17, 15) is 26.3 Å². The Balaban J connectivity index is 0.00000324. The molecule has 0 spiro atoms. The number of halogens is 6. The molecule has 180 valence electrons. The molecule has 0 unspecified atom stereocenters. The first-order chi connectivity index (χ1) is 15.4. The number of hydrogen-bond acceptors (Lipinski definition) is 4. The average molecular weight is 676 g/mol. The Hall–Kier alpha value is -2.79. The van der Waals surface area contributed by atoms with Gasteiger partial charge >= 0.3 is 33.4 Å². The number of pyridine rings is 2. The van der Waals surface area contributed by atoms with Crippen LogP contribution >= 0.6 is 0 Å². The maximum absolute atomic E-state index is 12.9. The van der Waals surface area contributed by atoms with E-state index < -0.39 is 31.8 Å². The van der Waals surface area contributed by atoms with Crippen molar-refractivity contribution >= 4 is 18.7 Å². The molecule has 0 radical (unpaired) electrons. The van der Waals surface area contributed by atoms with Crippen molar-refractivity contribution < 1.29 is 47.4 Å². The maximum Gasteiger partial charge on any atom is 2.00 e. The molecule has 0 N–H and O–H groups in total. The van der Waals surface area contributed by atoms with Crippen molar-refractivity contribution in [3.8, 4) is 11.6 Å². The van der Waals surface area contributed by atoms with Gasteiger partial charge in [0.15, 0.2) is 8.07 Å². The van der Waals surface area contributed by atoms with Gasteiger partial charge < -0.3 is 19.3 Å². The second-order valence-electron chi connectivity index (χ2n) is 7.52. The van der Waals surface area contributed by atoms with Gasteiger partial charge in [-0.15, -0.1) is 12.1 Å². The van der Waals surface area contributed by atoms with Crippen molar-refractivity contribution in [2.24, 2.45) is 0 Å². The Labute approximate surface area is 204 Å². The fourth-order valence-corrected chi connectivity index (χ4v) is 5.07. The predicted molar refractivity (Wildman–Crippen MR) is 107 cm³/mol. The summed E-state index contributed by atoms with van der Waals surface area (Å²) in [5.74, 6) is 0.296. The van der Waals surface area contributed by atoms with Gasteiger partial charge in [-0.05, 0) is 12.1 Å². The normalized spacial score (nSPS) is 12.5. The van der Waals surface area contributed by atoms with Crippen molar-refractivity contribution in [3.05, 3.63) is 72.3 Å². The SMILES string of the molecule is C[Si](C)(c1cccc(-n2[c-]cc(C(F)(F)F)n2)n1)c1cccc(-n2[c-]cc(C(F)(F)F)n2)n1.[Pt+2]. The zero-order chi connectivity index (χ0) is 24.0. The molecule has 14 heteroatoms. The van der Waals surface area contributed by atoms with Crippen LogP contribution in [0.1, 0.15) is 11.4 Å². The Morgan fingerprint density at radius 2 is 1.09 bits per heavy atom. The summed E-state index contributed by atoms with van der Waals surface area (Å²) in [6.07, 6.45) is -4.39. The number of rotatable bonds is 4. The van der Waals surface area contributed by atoms with Crippen molar-refractivity contribution in [1.82, 2.24) is 29.5 Å². The Morgan fingerprint density at radius 3 is 1.41 bits per heavy atom. The van der Waals surface area contributed by atoms with E-state index in [2.05, 4.69) is 32.6 Å². The molecule has 0 atom stereocenters. The fraction of sp³-hybridized carbons (Fsp3) is 0.200. The molecule has 0 aliphatic heterocycles. The van der Waals surface area contributed by atoms with Gasteiger partial charge in [0, 0.05) is 10.6 Å². The van der Waals surface area contributed by atoms with E-state index in [0.717, 1.165) is 21.5 Å². The topological polar surface area (TPSA) is 61.4 Å². The summed E-state index contributed by atoms with van der Waals surface area (Å²) in [5, 5.41) is 8.15. The third-order valence-corrected chi connectivity index (χ3v) is 7.95. The summed E-state index contributed by atoms with van der Waals surface area (Å²) in [6, 6.07) is 11.2. The second-order valence-corrected chi connectivity index (χ2v) is 11.8. The van der Waals surface area contributed by atoms with Crippen LogP contribution in [0.2, 0.25) is 13.1 Å². The fourth-order valence-electron chi connectivity index (χ4n) is 3.00. The molecule has 0 aliphatic carbocycles. The monoisotopic (exact) mass is 675 g/mol. The number of aromatic nitrogens is 6. The smallest absolute Gasteiger partial charge is 0.343 e. The third kappa shape index (κ3) is 5.14. The van der Waals surface area contributed by atoms with E-state index in [4.69, 9.17) is 0 Å². The molecule has 4 aromatic heterocycles. The molecule has 0 aromatic carbocycles. The molecule has 4 aromatic rings. The second kappa shape index (κ2) is 9.10. The van der Waals surface area contributed by atoms with Gasteiger partial charge in [0.05, 0.1) is 23.0 Å². The van der Waals surface area contributed by atoms with Crippen LogP contribution in [0.25, 0.3) is 11.6 Å². The summed E-state index contributed by atoms with van der Waals surface area (Å²) in [7, 11) is -2.62. The number of nitrogens with zero attached hydrogens (tertiary/aromatic N) is 6. The van der Waals surface area contributed by atoms with Gasteiger partial charge in [-0.25, -0.2) is 0 Å². The van der Waals surface area contributed by atoms with Crippen molar-refractivity contribution in [3.63, 3.8) is 0 Å². The van der Waals surface area contributed by atoms with E-state index in [1.807, 2.05) is 13.1 Å². The molecule has 4 rings (SSSR count). The quantitative estimate of drug-likeness (QED) is 0.190. The average Bonchev–Trinajstić information content (AvgIpc) is 3.44. The van der Waals surface area contributed by atoms with Gasteiger partial charge in [0.2, 0.25) is 0 Å². The van der Waals surface area contributed by atoms with E-state index in [1.54, 1.807) is 24.3 Å². The minimum atomic E-state index is -4.60. The third-order valence-electron chi connectivity index (χ3n) is 4.83. The van der Waals surface area contributed by atoms with Crippen LogP contribution in [0, 0.1) is 12.4 Å². The van der Waals surface area contributed by atoms with E-state index in [1.165, 1.54) is 12.1 Å². The molecule has 0 fully saturated rings. The molecule has 0 aliphatic rings. The van der Waals surface area contributed by atoms with E-state index >= 15 is 0 Å². The molecule has 0 amide bonds. The van der Waals surface area contributed by atoms with Crippen LogP contribution in [0.3, 0.4) is 0 Å². The zero-order valence-corrected chi connectivity index (χ0v) is 20.7. The van der Waals surface area contributed by atoms with Gasteiger partial charge in [-0.3, -0.25) is 10.2 Å². The minimum Gasteiger partial charge on any atom is -0.343 e. The van der Waals surface area contributed by atoms with Crippen molar-refractivity contribution in [1.29, 1.82) is 0 Å². The largest absolute Gasteiger partial charge is 2.00 e. The molecule has 6 nitrogen and oxygen atoms in total. The van der Waals surface area contributed by atoms with Crippen molar-refractivity contribution in [2.45, 2.75) is 25.4 Å². The van der Waals surface area contributed by atoms with Crippen LogP contribution in [0.5, 0.6) is 0 Å². The first-order valence-corrected chi connectivity index (χ1v) is 12.4. The summed E-state index contributed by atoms with van der Waals surface area (Å²) < 4.78 is 79.0. The van der Waals surface area contributed by atoms with E-state index in [-0.39, 0.29) is 32.7 Å². The minimum absolute atomic E-state index is 0. The van der Waals surface area contributed by atoms with Gasteiger partial charge in [0.1, 0.15) is 0 Å². The summed E-state index contributed by atoms with van der Waals surface area (Å²) in [5.41, 5.74) is -2.18. The van der Waals surface area contributed by atoms with Gasteiger partial charge in [0.25, 0.3) is 0 Å². The Kier molecular flexibility index (Phi) is 6.91. The molecule has 0 saturated heterocycles. The van der Waals surface area contributed by atoms with Gasteiger partial charge in [-0.1, -0.05) is 49.8 Å². The maximum atomic E-state index is 12.9. The molecule has 34 heavy (non-hydrogen) atoms. The number of hydrogen-bond donors (Lipinski definition) is 0. The van der Waals surface area contributed by atoms with Crippen LogP contribution < -0.4 is 10.6 Å². The van der Waals surface area contributed by atoms with Crippen LogP contribution in [-0.4, -0.2) is 37.6 Å². The Morgan fingerprint density at radius 1 is 0.706 bits per heavy atom. The molecule has 0 bridgehead atoms. The summed E-state index contributed by atoms with van der Waals surface area (Å²) >= 11 is 0. The standard InChI is InChI=1S/C20H14F6N6Si.Pt/c1-33(2,17-7-3-5-15(27-17)31-11-9-13(29-31)19(21,22)23)18-8-4-6-16(28-18)32-12-10-14(30-32)20(24,25)26;/h3-10H,1-2H3;/q-2;+2. The predicted octanol–water partition coefficient (Wildman–Crippen LogP) is 3.31.